The molecule has 0 saturated heterocycles. The zero-order chi connectivity index (χ0) is 53.8. The van der Waals surface area contributed by atoms with Crippen molar-refractivity contribution in [3.05, 3.63) is 262 Å². The zero-order valence-corrected chi connectivity index (χ0v) is 43.7. The third kappa shape index (κ3) is 6.74. The van der Waals surface area contributed by atoms with Gasteiger partial charge < -0.3 is 9.13 Å². The van der Waals surface area contributed by atoms with Gasteiger partial charge in [0.1, 0.15) is 11.4 Å². The topological polar surface area (TPSA) is 110 Å². The molecule has 0 bridgehead atoms. The highest BCUT2D eigenvalue weighted by Gasteiger charge is 2.34. The molecular weight excluding hydrogens is 1010 g/mol. The van der Waals surface area contributed by atoms with Crippen molar-refractivity contribution in [2.45, 2.75) is 0 Å². The molecule has 0 unspecified atom stereocenters. The normalized spacial score (nSPS) is 11.9. The van der Waals surface area contributed by atoms with Crippen molar-refractivity contribution in [2.75, 3.05) is 0 Å². The lowest BCUT2D eigenvalue weighted by molar-refractivity contribution is 0.958. The van der Waals surface area contributed by atoms with E-state index in [-0.39, 0.29) is 0 Å². The lowest BCUT2D eigenvalue weighted by atomic mass is 9.94. The minimum Gasteiger partial charge on any atom is -0.304 e. The van der Waals surface area contributed by atoms with Crippen molar-refractivity contribution >= 4 is 87.4 Å². The fourth-order valence-electron chi connectivity index (χ4n) is 12.7. The van der Waals surface area contributed by atoms with Crippen LogP contribution in [0.2, 0.25) is 0 Å². The van der Waals surface area contributed by atoms with Crippen molar-refractivity contribution in [3.63, 3.8) is 0 Å². The number of pyridine rings is 5. The zero-order valence-electron chi connectivity index (χ0n) is 43.7. The summed E-state index contributed by atoms with van der Waals surface area (Å²) in [6.07, 6.45) is 13.4. The molecule has 10 heterocycles. The Kier molecular flexibility index (Phi) is 10.0. The molecule has 10 aromatic heterocycles. The monoisotopic (exact) mass is 1050 g/mol. The molecule has 11 heteroatoms. The van der Waals surface area contributed by atoms with E-state index < -0.39 is 0 Å². The van der Waals surface area contributed by atoms with Crippen molar-refractivity contribution in [2.24, 2.45) is 0 Å². The lowest BCUT2D eigenvalue weighted by Gasteiger charge is -2.27. The number of rotatable bonds is 8. The summed E-state index contributed by atoms with van der Waals surface area (Å²) in [7, 11) is 0. The van der Waals surface area contributed by atoms with Crippen LogP contribution >= 0.6 is 0 Å². The van der Waals surface area contributed by atoms with E-state index in [2.05, 4.69) is 218 Å². The molecule has 0 saturated carbocycles. The average Bonchev–Trinajstić information content (AvgIpc) is 1.80. The van der Waals surface area contributed by atoms with Gasteiger partial charge in [-0.1, -0.05) is 158 Å². The summed E-state index contributed by atoms with van der Waals surface area (Å²) in [5.41, 5.74) is 16.0. The highest BCUT2D eigenvalue weighted by Crippen LogP contribution is 2.50. The Labute approximate surface area is 468 Å². The summed E-state index contributed by atoms with van der Waals surface area (Å²) >= 11 is 0. The number of hydrogen-bond acceptors (Lipinski definition) is 7. The Morgan fingerprint density at radius 2 is 0.671 bits per heavy atom. The first-order chi connectivity index (χ1) is 40.7. The first-order valence-electron chi connectivity index (χ1n) is 27.3. The summed E-state index contributed by atoms with van der Waals surface area (Å²) in [6, 6.07) is 76.3. The smallest absolute Gasteiger partial charge is 0.165 e. The standard InChI is InChI=1S/C71H43N11/c1-3-18-44(19-4-1)55-40-56(45-20-5-2-6-21-45)77-69(76-55)53-26-8-7-25-52(53)65-67(79-57-28-13-9-22-46(57)49-33-37-72-41-62(49)79)70(81-60-31-16-12-27-54(60)66-61(81)32-17-36-75-66)78-71(82-59-30-15-11-24-48(59)51-35-39-74-43-64(51)82)68(65)80-58-29-14-10-23-47(58)50-34-38-73-42-63(50)80/h1-43H. The minimum absolute atomic E-state index is 0.558. The highest BCUT2D eigenvalue weighted by molar-refractivity contribution is 6.15. The highest BCUT2D eigenvalue weighted by atomic mass is 15.2. The lowest BCUT2D eigenvalue weighted by Crippen LogP contribution is -2.16. The third-order valence-corrected chi connectivity index (χ3v) is 16.1. The largest absolute Gasteiger partial charge is 0.304 e. The van der Waals surface area contributed by atoms with E-state index in [1.54, 1.807) is 0 Å². The van der Waals surface area contributed by atoms with Crippen LogP contribution in [0.25, 0.3) is 155 Å². The molecule has 0 amide bonds. The molecule has 382 valence electrons. The van der Waals surface area contributed by atoms with Crippen LogP contribution in [0.3, 0.4) is 0 Å². The van der Waals surface area contributed by atoms with E-state index >= 15 is 0 Å². The van der Waals surface area contributed by atoms with Gasteiger partial charge in [-0.3, -0.25) is 29.1 Å². The Balaban J connectivity index is 1.17. The van der Waals surface area contributed by atoms with Crippen LogP contribution in [-0.2, 0) is 0 Å². The van der Waals surface area contributed by atoms with E-state index in [1.165, 1.54) is 0 Å². The minimum atomic E-state index is 0.558. The van der Waals surface area contributed by atoms with Gasteiger partial charge in [0.15, 0.2) is 17.5 Å². The maximum Gasteiger partial charge on any atom is 0.165 e. The van der Waals surface area contributed by atoms with Gasteiger partial charge in [-0.25, -0.2) is 15.0 Å². The van der Waals surface area contributed by atoms with Crippen LogP contribution in [0.4, 0.5) is 0 Å². The molecule has 0 N–H and O–H groups in total. The first-order valence-corrected chi connectivity index (χ1v) is 27.3. The maximum atomic E-state index is 6.35. The quantitative estimate of drug-likeness (QED) is 0.149. The molecule has 0 radical (unpaired) electrons. The van der Waals surface area contributed by atoms with Crippen molar-refractivity contribution in [3.8, 4) is 68.0 Å². The van der Waals surface area contributed by atoms with Crippen molar-refractivity contribution < 1.29 is 0 Å². The molecule has 17 aromatic rings. The van der Waals surface area contributed by atoms with Gasteiger partial charge in [-0.05, 0) is 66.2 Å². The Morgan fingerprint density at radius 1 is 0.280 bits per heavy atom. The average molecular weight is 1050 g/mol. The van der Waals surface area contributed by atoms with E-state index in [9.17, 15) is 0 Å². The van der Waals surface area contributed by atoms with Crippen LogP contribution in [-0.4, -0.2) is 53.2 Å². The fraction of sp³-hybridized carbons (Fsp3) is 0. The van der Waals surface area contributed by atoms with E-state index in [1.807, 2.05) is 61.6 Å². The number of nitrogens with zero attached hydrogens (tertiary/aromatic N) is 11. The maximum absolute atomic E-state index is 6.35. The van der Waals surface area contributed by atoms with Gasteiger partial charge >= 0.3 is 0 Å². The van der Waals surface area contributed by atoms with Gasteiger partial charge in [0.25, 0.3) is 0 Å². The SMILES string of the molecule is c1ccc(-c2cc(-c3ccccc3)nc(-c3ccccc3-c3c(-n4c5ccccc5c5ccncc54)c(-n4c5ccccc5c5ccncc54)nc(-n4c5ccccc5c5ncccc54)c3-n3c4ccccc4c4ccncc43)n2)cc1. The van der Waals surface area contributed by atoms with Crippen molar-refractivity contribution in [1.82, 2.24) is 53.2 Å². The number of fused-ring (bicyclic) bond motifs is 12. The molecule has 0 fully saturated rings. The number of aromatic nitrogens is 11. The van der Waals surface area contributed by atoms with Gasteiger partial charge in [0, 0.05) is 84.7 Å². The second kappa shape index (κ2) is 18.1. The van der Waals surface area contributed by atoms with Gasteiger partial charge in [-0.15, -0.1) is 0 Å². The molecule has 0 aliphatic heterocycles. The Hall–Kier alpha value is -11.4. The van der Waals surface area contributed by atoms with Gasteiger partial charge in [-0.2, -0.15) is 0 Å². The van der Waals surface area contributed by atoms with Crippen LogP contribution < -0.4 is 0 Å². The summed E-state index contributed by atoms with van der Waals surface area (Å²) in [5, 5.41) is 7.34. The van der Waals surface area contributed by atoms with Crippen LogP contribution in [0.15, 0.2) is 262 Å². The van der Waals surface area contributed by atoms with E-state index in [0.717, 1.165) is 138 Å². The number of para-hydroxylation sites is 4. The van der Waals surface area contributed by atoms with Gasteiger partial charge in [0.2, 0.25) is 0 Å². The molecule has 82 heavy (non-hydrogen) atoms. The molecule has 0 aliphatic rings. The predicted octanol–water partition coefficient (Wildman–Crippen LogP) is 16.5. The summed E-state index contributed by atoms with van der Waals surface area (Å²) < 4.78 is 9.38. The molecule has 11 nitrogen and oxygen atoms in total. The summed E-state index contributed by atoms with van der Waals surface area (Å²) in [4.78, 5) is 37.3. The first kappa shape index (κ1) is 45.6. The number of hydrogen-bond donors (Lipinski definition) is 0. The summed E-state index contributed by atoms with van der Waals surface area (Å²) in [5.74, 6) is 1.88. The van der Waals surface area contributed by atoms with Crippen LogP contribution in [0.5, 0.6) is 0 Å². The molecule has 0 spiro atoms. The fourth-order valence-corrected chi connectivity index (χ4v) is 12.7. The second-order valence-corrected chi connectivity index (χ2v) is 20.5. The molecule has 0 atom stereocenters. The molecule has 17 rings (SSSR count). The molecule has 7 aromatic carbocycles. The second-order valence-electron chi connectivity index (χ2n) is 20.5. The molecule has 0 aliphatic carbocycles. The van der Waals surface area contributed by atoms with E-state index in [0.29, 0.717) is 17.5 Å². The van der Waals surface area contributed by atoms with E-state index in [4.69, 9.17) is 34.9 Å². The number of benzene rings is 7. The van der Waals surface area contributed by atoms with Crippen molar-refractivity contribution in [1.29, 1.82) is 0 Å². The third-order valence-electron chi connectivity index (χ3n) is 16.1. The predicted molar refractivity (Wildman–Crippen MR) is 330 cm³/mol. The Morgan fingerprint density at radius 3 is 1.20 bits per heavy atom. The van der Waals surface area contributed by atoms with Gasteiger partial charge in [0.05, 0.1) is 79.6 Å². The molecular formula is C71H43N11. The Bertz CT molecular complexity index is 4900. The van der Waals surface area contributed by atoms with Crippen LogP contribution in [0, 0.1) is 0 Å². The van der Waals surface area contributed by atoms with Crippen LogP contribution in [0.1, 0.15) is 0 Å². The summed E-state index contributed by atoms with van der Waals surface area (Å²) in [6.45, 7) is 0.